The molecule has 3 aliphatic rings. The summed E-state index contributed by atoms with van der Waals surface area (Å²) in [5.74, 6) is 1.84. The first-order valence-corrected chi connectivity index (χ1v) is 10.0. The van der Waals surface area contributed by atoms with E-state index in [0.29, 0.717) is 5.41 Å². The van der Waals surface area contributed by atoms with Crippen molar-refractivity contribution in [1.29, 1.82) is 0 Å². The third-order valence-corrected chi connectivity index (χ3v) is 7.56. The normalized spacial score (nSPS) is 34.5. The Morgan fingerprint density at radius 1 is 1.17 bits per heavy atom. The zero-order chi connectivity index (χ0) is 15.9. The van der Waals surface area contributed by atoms with Crippen molar-refractivity contribution in [2.45, 2.75) is 76.7 Å². The van der Waals surface area contributed by atoms with Crippen molar-refractivity contribution in [3.8, 4) is 0 Å². The van der Waals surface area contributed by atoms with Gasteiger partial charge in [-0.25, -0.2) is 0 Å². The largest absolute Gasteiger partial charge is 0.300 e. The van der Waals surface area contributed by atoms with Crippen LogP contribution in [-0.2, 0) is 11.8 Å². The van der Waals surface area contributed by atoms with Crippen molar-refractivity contribution in [3.05, 3.63) is 35.4 Å². The van der Waals surface area contributed by atoms with Gasteiger partial charge in [-0.2, -0.15) is 0 Å². The molecular weight excluding hydrogens is 278 g/mol. The van der Waals surface area contributed by atoms with E-state index in [9.17, 15) is 0 Å². The van der Waals surface area contributed by atoms with Gasteiger partial charge in [-0.05, 0) is 67.2 Å². The lowest BCUT2D eigenvalue weighted by atomic mass is 9.59. The smallest absolute Gasteiger partial charge is 0.0170 e. The molecule has 23 heavy (non-hydrogen) atoms. The van der Waals surface area contributed by atoms with Gasteiger partial charge in [-0.15, -0.1) is 0 Å². The minimum atomic E-state index is 0.404. The fraction of sp³-hybridized carbons (Fsp3) is 0.727. The van der Waals surface area contributed by atoms with Crippen LogP contribution in [0.4, 0.5) is 0 Å². The number of hydrogen-bond acceptors (Lipinski definition) is 1. The highest BCUT2D eigenvalue weighted by molar-refractivity contribution is 5.39. The molecule has 1 heterocycles. The van der Waals surface area contributed by atoms with Crippen molar-refractivity contribution in [2.75, 3.05) is 13.1 Å². The van der Waals surface area contributed by atoms with Crippen LogP contribution in [0, 0.1) is 11.8 Å². The number of rotatable bonds is 4. The molecule has 0 radical (unpaired) electrons. The van der Waals surface area contributed by atoms with E-state index in [1.807, 2.05) is 0 Å². The number of nitrogens with zero attached hydrogens (tertiary/aromatic N) is 1. The molecule has 1 saturated carbocycles. The number of hydrogen-bond donors (Lipinski definition) is 0. The third kappa shape index (κ3) is 2.76. The van der Waals surface area contributed by atoms with Crippen LogP contribution in [0.2, 0.25) is 0 Å². The molecule has 4 rings (SSSR count). The highest BCUT2D eigenvalue weighted by Gasteiger charge is 2.47. The fourth-order valence-electron chi connectivity index (χ4n) is 5.84. The van der Waals surface area contributed by atoms with E-state index in [2.05, 4.69) is 43.0 Å². The first-order valence-electron chi connectivity index (χ1n) is 10.0. The summed E-state index contributed by atoms with van der Waals surface area (Å²) in [5, 5.41) is 0. The van der Waals surface area contributed by atoms with E-state index >= 15 is 0 Å². The van der Waals surface area contributed by atoms with E-state index < -0.39 is 0 Å². The average Bonchev–Trinajstić information content (AvgIpc) is 3.06. The van der Waals surface area contributed by atoms with E-state index in [-0.39, 0.29) is 0 Å². The molecule has 126 valence electrons. The minimum absolute atomic E-state index is 0.404. The maximum absolute atomic E-state index is 2.84. The molecule has 0 spiro atoms. The molecule has 1 nitrogen and oxygen atoms in total. The average molecular weight is 312 g/mol. The molecule has 2 aliphatic carbocycles. The van der Waals surface area contributed by atoms with Crippen molar-refractivity contribution >= 4 is 0 Å². The first-order chi connectivity index (χ1) is 11.2. The Morgan fingerprint density at radius 2 is 1.96 bits per heavy atom. The monoisotopic (exact) mass is 311 g/mol. The molecule has 1 saturated heterocycles. The molecule has 2 fully saturated rings. The summed E-state index contributed by atoms with van der Waals surface area (Å²) in [5.41, 5.74) is 3.68. The van der Waals surface area contributed by atoms with E-state index in [1.165, 1.54) is 64.5 Å². The number of benzene rings is 1. The van der Waals surface area contributed by atoms with Crippen LogP contribution >= 0.6 is 0 Å². The highest BCUT2D eigenvalue weighted by atomic mass is 15.2. The van der Waals surface area contributed by atoms with Crippen LogP contribution in [0.25, 0.3) is 0 Å². The lowest BCUT2D eigenvalue weighted by molar-refractivity contribution is 0.0298. The summed E-state index contributed by atoms with van der Waals surface area (Å²) in [6.45, 7) is 7.69. The van der Waals surface area contributed by atoms with Crippen LogP contribution in [0.5, 0.6) is 0 Å². The van der Waals surface area contributed by atoms with Gasteiger partial charge in [0.1, 0.15) is 0 Å². The van der Waals surface area contributed by atoms with E-state index in [1.54, 1.807) is 11.1 Å². The van der Waals surface area contributed by atoms with Gasteiger partial charge in [0.15, 0.2) is 0 Å². The SMILES string of the molecule is CC1C2Cc3ccccc3C1(C)CCN2CCCC1CCCC1. The highest BCUT2D eigenvalue weighted by Crippen LogP contribution is 2.48. The predicted octanol–water partition coefficient (Wildman–Crippen LogP) is 5.18. The first kappa shape index (κ1) is 15.7. The minimum Gasteiger partial charge on any atom is -0.300 e. The number of piperidine rings is 1. The van der Waals surface area contributed by atoms with Crippen molar-refractivity contribution < 1.29 is 0 Å². The van der Waals surface area contributed by atoms with Crippen molar-refractivity contribution in [2.24, 2.45) is 11.8 Å². The summed E-state index contributed by atoms with van der Waals surface area (Å²) in [6, 6.07) is 10.0. The molecule has 3 unspecified atom stereocenters. The van der Waals surface area contributed by atoms with Gasteiger partial charge in [0.2, 0.25) is 0 Å². The predicted molar refractivity (Wildman–Crippen MR) is 97.8 cm³/mol. The second-order valence-electron chi connectivity index (χ2n) is 8.71. The maximum Gasteiger partial charge on any atom is 0.0170 e. The van der Waals surface area contributed by atoms with Gasteiger partial charge >= 0.3 is 0 Å². The van der Waals surface area contributed by atoms with Gasteiger partial charge in [-0.1, -0.05) is 63.8 Å². The zero-order valence-electron chi connectivity index (χ0n) is 15.1. The Hall–Kier alpha value is -0.820. The molecular formula is C22H33N. The number of likely N-dealkylation sites (tertiary alicyclic amines) is 1. The Labute approximate surface area is 142 Å². The van der Waals surface area contributed by atoms with Gasteiger partial charge in [-0.3, -0.25) is 4.90 Å². The Morgan fingerprint density at radius 3 is 2.78 bits per heavy atom. The molecule has 3 atom stereocenters. The lowest BCUT2D eigenvalue weighted by Crippen LogP contribution is -2.58. The summed E-state index contributed by atoms with van der Waals surface area (Å²) in [7, 11) is 0. The van der Waals surface area contributed by atoms with Crippen LogP contribution in [0.1, 0.15) is 69.9 Å². The maximum atomic E-state index is 2.84. The third-order valence-electron chi connectivity index (χ3n) is 7.56. The topological polar surface area (TPSA) is 3.24 Å². The number of fused-ring (bicyclic) bond motifs is 4. The van der Waals surface area contributed by atoms with Crippen LogP contribution in [0.3, 0.4) is 0 Å². The molecule has 1 aromatic rings. The van der Waals surface area contributed by atoms with Crippen molar-refractivity contribution in [1.82, 2.24) is 4.90 Å². The molecule has 1 aromatic carbocycles. The summed E-state index contributed by atoms with van der Waals surface area (Å²) in [6.07, 6.45) is 11.5. The summed E-state index contributed by atoms with van der Waals surface area (Å²) in [4.78, 5) is 2.84. The molecule has 0 aromatic heterocycles. The lowest BCUT2D eigenvalue weighted by Gasteiger charge is -2.54. The van der Waals surface area contributed by atoms with E-state index in [4.69, 9.17) is 0 Å². The second kappa shape index (κ2) is 6.24. The van der Waals surface area contributed by atoms with Gasteiger partial charge in [0, 0.05) is 6.04 Å². The Balaban J connectivity index is 1.44. The molecule has 1 aliphatic heterocycles. The molecule has 0 amide bonds. The van der Waals surface area contributed by atoms with E-state index in [0.717, 1.165) is 17.9 Å². The van der Waals surface area contributed by atoms with Gasteiger partial charge < -0.3 is 0 Å². The van der Waals surface area contributed by atoms with Gasteiger partial charge in [0.05, 0.1) is 0 Å². The standard InChI is InChI=1S/C22H33N/c1-17-21-16-19-11-5-6-12-20(19)22(17,2)13-15-23(21)14-7-10-18-8-3-4-9-18/h5-6,11-12,17-18,21H,3-4,7-10,13-16H2,1-2H3. The fourth-order valence-corrected chi connectivity index (χ4v) is 5.84. The second-order valence-corrected chi connectivity index (χ2v) is 8.71. The molecule has 2 bridgehead atoms. The van der Waals surface area contributed by atoms with Crippen LogP contribution in [-0.4, -0.2) is 24.0 Å². The quantitative estimate of drug-likeness (QED) is 0.740. The summed E-state index contributed by atoms with van der Waals surface area (Å²) >= 11 is 0. The summed E-state index contributed by atoms with van der Waals surface area (Å²) < 4.78 is 0. The Bertz CT molecular complexity index is 545. The molecule has 0 N–H and O–H groups in total. The van der Waals surface area contributed by atoms with Crippen molar-refractivity contribution in [3.63, 3.8) is 0 Å². The van der Waals surface area contributed by atoms with Gasteiger partial charge in [0.25, 0.3) is 0 Å². The molecule has 1 heteroatoms. The van der Waals surface area contributed by atoms with Crippen LogP contribution < -0.4 is 0 Å². The van der Waals surface area contributed by atoms with Crippen LogP contribution in [0.15, 0.2) is 24.3 Å². The Kier molecular flexibility index (Phi) is 4.26. The zero-order valence-corrected chi connectivity index (χ0v) is 15.1.